The lowest BCUT2D eigenvalue weighted by Crippen LogP contribution is -2.25. The van der Waals surface area contributed by atoms with Crippen LogP contribution in [-0.2, 0) is 4.79 Å². The molecule has 0 bridgehead atoms. The topological polar surface area (TPSA) is 93.2 Å². The Kier molecular flexibility index (Phi) is 5.76. The fourth-order valence-corrected chi connectivity index (χ4v) is 2.65. The average Bonchev–Trinajstić information content (AvgIpc) is 2.86. The summed E-state index contributed by atoms with van der Waals surface area (Å²) >= 11 is 0. The molecule has 0 amide bonds. The molecular weight excluding hydrogens is 292 g/mol. The molecule has 2 aromatic rings. The number of aldehydes is 1. The van der Waals surface area contributed by atoms with Crippen molar-refractivity contribution in [2.75, 3.05) is 24.6 Å². The molecule has 23 heavy (non-hydrogen) atoms. The minimum absolute atomic E-state index is 0.0622. The SMILES string of the molecule is CNCCC(CC=O)Nc1ccc(-c2c(C)noc2C)cc1N. The van der Waals surface area contributed by atoms with E-state index in [1.165, 1.54) is 0 Å². The van der Waals surface area contributed by atoms with Crippen molar-refractivity contribution in [3.05, 3.63) is 29.7 Å². The second-order valence-electron chi connectivity index (χ2n) is 5.64. The molecule has 1 heterocycles. The molecule has 1 aromatic heterocycles. The second-order valence-corrected chi connectivity index (χ2v) is 5.64. The summed E-state index contributed by atoms with van der Waals surface area (Å²) in [5.74, 6) is 0.774. The highest BCUT2D eigenvalue weighted by atomic mass is 16.5. The van der Waals surface area contributed by atoms with Gasteiger partial charge in [-0.1, -0.05) is 11.2 Å². The van der Waals surface area contributed by atoms with E-state index in [9.17, 15) is 4.79 Å². The zero-order valence-corrected chi connectivity index (χ0v) is 13.8. The lowest BCUT2D eigenvalue weighted by atomic mass is 10.0. The third kappa shape index (κ3) is 4.10. The maximum absolute atomic E-state index is 10.8. The number of aromatic nitrogens is 1. The number of nitrogens with one attached hydrogen (secondary N) is 2. The monoisotopic (exact) mass is 316 g/mol. The third-order valence-corrected chi connectivity index (χ3v) is 3.86. The molecule has 0 fully saturated rings. The van der Waals surface area contributed by atoms with Gasteiger partial charge in [0.25, 0.3) is 0 Å². The highest BCUT2D eigenvalue weighted by Crippen LogP contribution is 2.31. The number of hydrogen-bond donors (Lipinski definition) is 3. The van der Waals surface area contributed by atoms with Crippen LogP contribution in [0.25, 0.3) is 11.1 Å². The summed E-state index contributed by atoms with van der Waals surface area (Å²) in [4.78, 5) is 10.8. The van der Waals surface area contributed by atoms with Crippen LogP contribution in [0.15, 0.2) is 22.7 Å². The number of nitrogens with two attached hydrogens (primary N) is 1. The van der Waals surface area contributed by atoms with E-state index in [-0.39, 0.29) is 6.04 Å². The van der Waals surface area contributed by atoms with E-state index >= 15 is 0 Å². The predicted molar refractivity (Wildman–Crippen MR) is 92.5 cm³/mol. The fourth-order valence-electron chi connectivity index (χ4n) is 2.65. The third-order valence-electron chi connectivity index (χ3n) is 3.86. The first-order chi connectivity index (χ1) is 11.1. The van der Waals surface area contributed by atoms with E-state index in [1.54, 1.807) is 0 Å². The van der Waals surface area contributed by atoms with Crippen LogP contribution >= 0.6 is 0 Å². The largest absolute Gasteiger partial charge is 0.397 e. The second kappa shape index (κ2) is 7.78. The van der Waals surface area contributed by atoms with Crippen molar-refractivity contribution in [1.82, 2.24) is 10.5 Å². The van der Waals surface area contributed by atoms with Crippen LogP contribution in [0.5, 0.6) is 0 Å². The van der Waals surface area contributed by atoms with Crippen LogP contribution in [0.2, 0.25) is 0 Å². The Hall–Kier alpha value is -2.34. The Balaban J connectivity index is 2.20. The van der Waals surface area contributed by atoms with Crippen LogP contribution in [0.1, 0.15) is 24.3 Å². The molecule has 0 aliphatic heterocycles. The minimum atomic E-state index is 0.0622. The lowest BCUT2D eigenvalue weighted by molar-refractivity contribution is -0.108. The highest BCUT2D eigenvalue weighted by Gasteiger charge is 2.14. The molecule has 0 aliphatic rings. The number of nitrogen functional groups attached to an aromatic ring is 1. The van der Waals surface area contributed by atoms with Gasteiger partial charge in [0.2, 0.25) is 0 Å². The van der Waals surface area contributed by atoms with Gasteiger partial charge in [0, 0.05) is 18.0 Å². The van der Waals surface area contributed by atoms with Gasteiger partial charge in [0.15, 0.2) is 0 Å². The van der Waals surface area contributed by atoms with Gasteiger partial charge in [-0.2, -0.15) is 0 Å². The Bertz CT molecular complexity index is 647. The molecule has 1 aromatic carbocycles. The molecule has 1 atom stereocenters. The molecule has 1 unspecified atom stereocenters. The smallest absolute Gasteiger partial charge is 0.141 e. The molecular formula is C17H24N4O2. The Morgan fingerprint density at radius 2 is 2.17 bits per heavy atom. The van der Waals surface area contributed by atoms with E-state index in [0.717, 1.165) is 47.5 Å². The molecule has 6 nitrogen and oxygen atoms in total. The molecule has 4 N–H and O–H groups in total. The summed E-state index contributed by atoms with van der Waals surface area (Å²) in [6.45, 7) is 4.63. The molecule has 2 rings (SSSR count). The summed E-state index contributed by atoms with van der Waals surface area (Å²) in [7, 11) is 1.89. The van der Waals surface area contributed by atoms with Crippen molar-refractivity contribution in [1.29, 1.82) is 0 Å². The van der Waals surface area contributed by atoms with Crippen LogP contribution < -0.4 is 16.4 Å². The van der Waals surface area contributed by atoms with Gasteiger partial charge in [0.1, 0.15) is 12.0 Å². The minimum Gasteiger partial charge on any atom is -0.397 e. The molecule has 0 saturated carbocycles. The normalized spacial score (nSPS) is 12.1. The van der Waals surface area contributed by atoms with Crippen molar-refractivity contribution in [3.63, 3.8) is 0 Å². The Morgan fingerprint density at radius 1 is 1.39 bits per heavy atom. The standard InChI is InChI=1S/C17H24N4O2/c1-11-17(12(2)23-21-11)13-4-5-16(15(18)10-13)20-14(7-9-22)6-8-19-3/h4-5,9-10,14,19-20H,6-8,18H2,1-3H3. The first kappa shape index (κ1) is 17.0. The lowest BCUT2D eigenvalue weighted by Gasteiger charge is -2.19. The zero-order valence-electron chi connectivity index (χ0n) is 13.8. The summed E-state index contributed by atoms with van der Waals surface area (Å²) in [6, 6.07) is 5.90. The summed E-state index contributed by atoms with van der Waals surface area (Å²) in [5.41, 5.74) is 10.5. The number of rotatable bonds is 8. The number of hydrogen-bond acceptors (Lipinski definition) is 6. The summed E-state index contributed by atoms with van der Waals surface area (Å²) < 4.78 is 5.21. The predicted octanol–water partition coefficient (Wildman–Crippen LogP) is 2.52. The number of carbonyl (C=O) groups excluding carboxylic acids is 1. The summed E-state index contributed by atoms with van der Waals surface area (Å²) in [6.07, 6.45) is 2.23. The van der Waals surface area contributed by atoms with Crippen molar-refractivity contribution < 1.29 is 9.32 Å². The van der Waals surface area contributed by atoms with Crippen LogP contribution in [0, 0.1) is 13.8 Å². The Labute approximate surface area is 136 Å². The van der Waals surface area contributed by atoms with Gasteiger partial charge in [-0.3, -0.25) is 0 Å². The van der Waals surface area contributed by atoms with Crippen molar-refractivity contribution in [3.8, 4) is 11.1 Å². The number of anilines is 2. The van der Waals surface area contributed by atoms with Gasteiger partial charge in [-0.15, -0.1) is 0 Å². The maximum atomic E-state index is 10.8. The van der Waals surface area contributed by atoms with Crippen LogP contribution in [-0.4, -0.2) is 31.1 Å². The van der Waals surface area contributed by atoms with Crippen LogP contribution in [0.3, 0.4) is 0 Å². The fraction of sp³-hybridized carbons (Fsp3) is 0.412. The van der Waals surface area contributed by atoms with Gasteiger partial charge < -0.3 is 25.7 Å². The molecule has 0 aliphatic carbocycles. The van der Waals surface area contributed by atoms with E-state index in [4.69, 9.17) is 10.3 Å². The van der Waals surface area contributed by atoms with E-state index < -0.39 is 0 Å². The number of carbonyl (C=O) groups is 1. The number of benzene rings is 1. The quantitative estimate of drug-likeness (QED) is 0.512. The van der Waals surface area contributed by atoms with E-state index in [2.05, 4.69) is 15.8 Å². The molecule has 0 spiro atoms. The molecule has 6 heteroatoms. The van der Waals surface area contributed by atoms with Gasteiger partial charge in [-0.25, -0.2) is 0 Å². The summed E-state index contributed by atoms with van der Waals surface area (Å²) in [5, 5.41) is 10.4. The first-order valence-corrected chi connectivity index (χ1v) is 7.74. The van der Waals surface area contributed by atoms with Crippen molar-refractivity contribution in [2.45, 2.75) is 32.7 Å². The van der Waals surface area contributed by atoms with E-state index in [1.807, 2.05) is 39.1 Å². The highest BCUT2D eigenvalue weighted by molar-refractivity contribution is 5.77. The van der Waals surface area contributed by atoms with Gasteiger partial charge in [-0.05, 0) is 51.6 Å². The van der Waals surface area contributed by atoms with E-state index in [0.29, 0.717) is 12.1 Å². The van der Waals surface area contributed by atoms with Gasteiger partial charge >= 0.3 is 0 Å². The van der Waals surface area contributed by atoms with Crippen LogP contribution in [0.4, 0.5) is 11.4 Å². The number of aryl methyl sites for hydroxylation is 2. The molecule has 124 valence electrons. The zero-order chi connectivity index (χ0) is 16.8. The van der Waals surface area contributed by atoms with Gasteiger partial charge in [0.05, 0.1) is 17.1 Å². The van der Waals surface area contributed by atoms with Crippen molar-refractivity contribution in [2.24, 2.45) is 0 Å². The Morgan fingerprint density at radius 3 is 2.74 bits per heavy atom. The first-order valence-electron chi connectivity index (χ1n) is 7.74. The molecule has 0 radical (unpaired) electrons. The number of nitrogens with zero attached hydrogens (tertiary/aromatic N) is 1. The average molecular weight is 316 g/mol. The van der Waals surface area contributed by atoms with Crippen molar-refractivity contribution >= 4 is 17.7 Å². The molecule has 0 saturated heterocycles. The maximum Gasteiger partial charge on any atom is 0.141 e.